The lowest BCUT2D eigenvalue weighted by molar-refractivity contribution is 0.601. The van der Waals surface area contributed by atoms with Crippen molar-refractivity contribution in [1.29, 1.82) is 0 Å². The minimum absolute atomic E-state index is 0.301. The van der Waals surface area contributed by atoms with Gasteiger partial charge in [0.25, 0.3) is 10.0 Å². The molecule has 0 spiro atoms. The number of hydrogen-bond acceptors (Lipinski definition) is 5. The molecule has 8 heteroatoms. The zero-order chi connectivity index (χ0) is 17.4. The van der Waals surface area contributed by atoms with Gasteiger partial charge in [-0.25, -0.2) is 13.1 Å². The average molecular weight is 355 g/mol. The number of tetrazole rings is 1. The molecule has 0 unspecified atom stereocenters. The van der Waals surface area contributed by atoms with E-state index in [0.717, 1.165) is 36.1 Å². The first-order chi connectivity index (χ1) is 12.0. The van der Waals surface area contributed by atoms with Crippen LogP contribution in [0.3, 0.4) is 0 Å². The third-order valence-corrected chi connectivity index (χ3v) is 5.80. The maximum Gasteiger partial charge on any atom is 0.261 e. The van der Waals surface area contributed by atoms with Crippen LogP contribution in [0.4, 0.5) is 5.69 Å². The lowest BCUT2D eigenvalue weighted by Crippen LogP contribution is -2.13. The average Bonchev–Trinajstić information content (AvgIpc) is 3.25. The summed E-state index contributed by atoms with van der Waals surface area (Å²) < 4.78 is 29.5. The number of aryl methyl sites for hydroxylation is 3. The van der Waals surface area contributed by atoms with E-state index < -0.39 is 10.0 Å². The highest BCUT2D eigenvalue weighted by molar-refractivity contribution is 7.92. The zero-order valence-corrected chi connectivity index (χ0v) is 14.5. The van der Waals surface area contributed by atoms with Crippen molar-refractivity contribution in [3.8, 4) is 5.69 Å². The third kappa shape index (κ3) is 3.00. The van der Waals surface area contributed by atoms with E-state index in [0.29, 0.717) is 10.6 Å². The number of benzene rings is 2. The molecule has 0 bridgehead atoms. The van der Waals surface area contributed by atoms with Crippen molar-refractivity contribution < 1.29 is 8.42 Å². The van der Waals surface area contributed by atoms with Crippen molar-refractivity contribution in [3.05, 3.63) is 59.4 Å². The van der Waals surface area contributed by atoms with E-state index in [1.54, 1.807) is 30.3 Å². The van der Waals surface area contributed by atoms with Crippen LogP contribution in [-0.2, 0) is 22.9 Å². The molecule has 0 saturated carbocycles. The van der Waals surface area contributed by atoms with Gasteiger partial charge in [0.15, 0.2) is 0 Å². The van der Waals surface area contributed by atoms with Gasteiger partial charge in [0.1, 0.15) is 6.33 Å². The fraction of sp³-hybridized carbons (Fsp3) is 0.235. The van der Waals surface area contributed by atoms with Gasteiger partial charge in [-0.3, -0.25) is 4.72 Å². The van der Waals surface area contributed by atoms with Crippen LogP contribution < -0.4 is 4.72 Å². The Hall–Kier alpha value is -2.74. The molecule has 1 aromatic heterocycles. The predicted molar refractivity (Wildman–Crippen MR) is 93.2 cm³/mol. The molecule has 25 heavy (non-hydrogen) atoms. The summed E-state index contributed by atoms with van der Waals surface area (Å²) in [5.74, 6) is 0. The fourth-order valence-corrected chi connectivity index (χ4v) is 4.28. The van der Waals surface area contributed by atoms with E-state index >= 15 is 0 Å². The van der Waals surface area contributed by atoms with Crippen LogP contribution in [0.25, 0.3) is 5.69 Å². The van der Waals surface area contributed by atoms with E-state index in [1.165, 1.54) is 16.6 Å². The number of aromatic nitrogens is 4. The lowest BCUT2D eigenvalue weighted by atomic mass is 10.1. The Balaban J connectivity index is 1.62. The van der Waals surface area contributed by atoms with E-state index in [9.17, 15) is 8.42 Å². The van der Waals surface area contributed by atoms with Gasteiger partial charge in [-0.15, -0.1) is 5.10 Å². The molecule has 2 aromatic carbocycles. The predicted octanol–water partition coefficient (Wildman–Crippen LogP) is 2.26. The van der Waals surface area contributed by atoms with Crippen molar-refractivity contribution in [1.82, 2.24) is 20.2 Å². The zero-order valence-electron chi connectivity index (χ0n) is 13.7. The summed E-state index contributed by atoms with van der Waals surface area (Å²) in [6.07, 6.45) is 4.56. The van der Waals surface area contributed by atoms with Gasteiger partial charge in [-0.2, -0.15) is 0 Å². The summed E-state index contributed by atoms with van der Waals surface area (Å²) in [5.41, 5.74) is 4.55. The first-order valence-corrected chi connectivity index (χ1v) is 9.50. The normalized spacial score (nSPS) is 13.6. The lowest BCUT2D eigenvalue weighted by Gasteiger charge is -2.12. The summed E-state index contributed by atoms with van der Waals surface area (Å²) in [4.78, 5) is 0.301. The molecular weight excluding hydrogens is 338 g/mol. The Bertz CT molecular complexity index is 1030. The summed E-state index contributed by atoms with van der Waals surface area (Å²) in [6.45, 7) is 1.88. The highest BCUT2D eigenvalue weighted by atomic mass is 32.2. The molecular formula is C17H17N5O2S. The number of rotatable bonds is 4. The first-order valence-electron chi connectivity index (χ1n) is 8.01. The number of nitrogens with zero attached hydrogens (tertiary/aromatic N) is 4. The molecule has 0 fully saturated rings. The summed E-state index contributed by atoms with van der Waals surface area (Å²) in [5, 5.41) is 11.1. The van der Waals surface area contributed by atoms with Crippen molar-refractivity contribution in [2.45, 2.75) is 31.1 Å². The smallest absolute Gasteiger partial charge is 0.261 e. The fourth-order valence-electron chi connectivity index (χ4n) is 3.18. The SMILES string of the molecule is Cc1cc(NS(=O)(=O)c2ccc3c(c2)CCC3)ccc1-n1cnnn1. The molecule has 128 valence electrons. The monoisotopic (exact) mass is 355 g/mol. The Kier molecular flexibility index (Phi) is 3.76. The molecule has 0 aliphatic heterocycles. The summed E-state index contributed by atoms with van der Waals surface area (Å²) in [6, 6.07) is 10.6. The number of nitrogens with one attached hydrogen (secondary N) is 1. The van der Waals surface area contributed by atoms with E-state index in [-0.39, 0.29) is 0 Å². The number of sulfonamides is 1. The van der Waals surface area contributed by atoms with Gasteiger partial charge >= 0.3 is 0 Å². The maximum absolute atomic E-state index is 12.7. The van der Waals surface area contributed by atoms with Gasteiger partial charge in [0.2, 0.25) is 0 Å². The Morgan fingerprint density at radius 2 is 1.92 bits per heavy atom. The molecule has 0 amide bonds. The highest BCUT2D eigenvalue weighted by Gasteiger charge is 2.19. The molecule has 4 rings (SSSR count). The van der Waals surface area contributed by atoms with E-state index in [4.69, 9.17) is 0 Å². The molecule has 7 nitrogen and oxygen atoms in total. The third-order valence-electron chi connectivity index (χ3n) is 4.43. The van der Waals surface area contributed by atoms with Gasteiger partial charge in [0, 0.05) is 5.69 Å². The van der Waals surface area contributed by atoms with Crippen LogP contribution in [0.2, 0.25) is 0 Å². The number of fused-ring (bicyclic) bond motifs is 1. The summed E-state index contributed by atoms with van der Waals surface area (Å²) in [7, 11) is -3.62. The topological polar surface area (TPSA) is 89.8 Å². The largest absolute Gasteiger partial charge is 0.280 e. The Morgan fingerprint density at radius 3 is 2.68 bits per heavy atom. The van der Waals surface area contributed by atoms with Crippen molar-refractivity contribution in [3.63, 3.8) is 0 Å². The minimum atomic E-state index is -3.62. The van der Waals surface area contributed by atoms with E-state index in [1.807, 2.05) is 13.0 Å². The van der Waals surface area contributed by atoms with E-state index in [2.05, 4.69) is 20.2 Å². The van der Waals surface area contributed by atoms with Crippen LogP contribution in [0.15, 0.2) is 47.6 Å². The van der Waals surface area contributed by atoms with Crippen molar-refractivity contribution in [2.24, 2.45) is 0 Å². The highest BCUT2D eigenvalue weighted by Crippen LogP contribution is 2.26. The molecule has 1 heterocycles. The second-order valence-electron chi connectivity index (χ2n) is 6.15. The van der Waals surface area contributed by atoms with Crippen molar-refractivity contribution >= 4 is 15.7 Å². The molecule has 1 aliphatic carbocycles. The standard InChI is InChI=1S/C17H17N5O2S/c1-12-9-15(6-8-17(12)22-11-18-20-21-22)19-25(23,24)16-7-5-13-3-2-4-14(13)10-16/h5-11,19H,2-4H2,1H3. The summed E-state index contributed by atoms with van der Waals surface area (Å²) >= 11 is 0. The molecule has 1 N–H and O–H groups in total. The Morgan fingerprint density at radius 1 is 1.08 bits per heavy atom. The molecule has 1 aliphatic rings. The van der Waals surface area contributed by atoms with Crippen LogP contribution >= 0.6 is 0 Å². The van der Waals surface area contributed by atoms with Crippen molar-refractivity contribution in [2.75, 3.05) is 4.72 Å². The Labute approximate surface area is 145 Å². The maximum atomic E-state index is 12.7. The molecule has 0 atom stereocenters. The molecule has 3 aromatic rings. The number of anilines is 1. The molecule has 0 saturated heterocycles. The van der Waals surface area contributed by atoms with Gasteiger partial charge in [0.05, 0.1) is 10.6 Å². The quantitative estimate of drug-likeness (QED) is 0.775. The van der Waals surface area contributed by atoms with Gasteiger partial charge in [-0.05, 0) is 83.6 Å². The minimum Gasteiger partial charge on any atom is -0.280 e. The van der Waals surface area contributed by atoms with Crippen LogP contribution in [0.1, 0.15) is 23.1 Å². The number of hydrogen-bond donors (Lipinski definition) is 1. The van der Waals surface area contributed by atoms with Gasteiger partial charge < -0.3 is 0 Å². The second kappa shape index (κ2) is 5.96. The molecule has 0 radical (unpaired) electrons. The van der Waals surface area contributed by atoms with Gasteiger partial charge in [-0.1, -0.05) is 6.07 Å². The first kappa shape index (κ1) is 15.8. The van der Waals surface area contributed by atoms with Crippen LogP contribution in [-0.4, -0.2) is 28.6 Å². The van der Waals surface area contributed by atoms with Crippen LogP contribution in [0.5, 0.6) is 0 Å². The van der Waals surface area contributed by atoms with Crippen LogP contribution in [0, 0.1) is 6.92 Å². The second-order valence-corrected chi connectivity index (χ2v) is 7.83.